The number of hydrogen-bond donors (Lipinski definition) is 1. The van der Waals surface area contributed by atoms with E-state index in [4.69, 9.17) is 0 Å². The van der Waals surface area contributed by atoms with E-state index in [-0.39, 0.29) is 12.2 Å². The second-order valence-corrected chi connectivity index (χ2v) is 8.44. The summed E-state index contributed by atoms with van der Waals surface area (Å²) in [6.07, 6.45) is 0.465. The van der Waals surface area contributed by atoms with Gasteiger partial charge in [-0.05, 0) is 35.7 Å². The zero-order valence-corrected chi connectivity index (χ0v) is 18.2. The van der Waals surface area contributed by atoms with Gasteiger partial charge in [0, 0.05) is 22.1 Å². The highest BCUT2D eigenvalue weighted by Crippen LogP contribution is 2.44. The summed E-state index contributed by atoms with van der Waals surface area (Å²) >= 11 is 3.41. The van der Waals surface area contributed by atoms with Gasteiger partial charge in [-0.25, -0.2) is 0 Å². The van der Waals surface area contributed by atoms with Crippen LogP contribution in [0.1, 0.15) is 35.7 Å². The summed E-state index contributed by atoms with van der Waals surface area (Å²) in [7, 11) is 0. The van der Waals surface area contributed by atoms with E-state index in [1.807, 2.05) is 61.5 Å². The van der Waals surface area contributed by atoms with Gasteiger partial charge in [-0.15, -0.1) is 0 Å². The lowest BCUT2D eigenvalue weighted by Gasteiger charge is -2.22. The molecule has 0 saturated heterocycles. The molecule has 1 atom stereocenters. The Kier molecular flexibility index (Phi) is 5.58. The van der Waals surface area contributed by atoms with E-state index in [0.29, 0.717) is 23.4 Å². The van der Waals surface area contributed by atoms with Gasteiger partial charge >= 0.3 is 0 Å². The number of ketones is 1. The molecule has 5 heteroatoms. The summed E-state index contributed by atoms with van der Waals surface area (Å²) in [5.41, 5.74) is 1.83. The van der Waals surface area contributed by atoms with Crippen molar-refractivity contribution >= 4 is 33.3 Å². The predicted octanol–water partition coefficient (Wildman–Crippen LogP) is 5.33. The Morgan fingerprint density at radius 3 is 2.33 bits per heavy atom. The second kappa shape index (κ2) is 8.17. The molecule has 0 unspecified atom stereocenters. The van der Waals surface area contributed by atoms with Gasteiger partial charge in [-0.1, -0.05) is 77.5 Å². The normalized spacial score (nSPS) is 17.8. The van der Waals surface area contributed by atoms with E-state index < -0.39 is 11.5 Å². The number of hydrogen-bond acceptors (Lipinski definition) is 3. The molecule has 3 aromatic rings. The lowest BCUT2D eigenvalue weighted by atomic mass is 9.88. The Labute approximate surface area is 184 Å². The van der Waals surface area contributed by atoms with Crippen molar-refractivity contribution in [2.75, 3.05) is 11.4 Å². The molecule has 0 radical (unpaired) electrons. The highest BCUT2D eigenvalue weighted by Gasteiger charge is 2.50. The molecular weight excluding hydrogens is 442 g/mol. The smallest absolute Gasteiger partial charge is 0.264 e. The molecule has 1 aliphatic rings. The molecule has 1 N–H and O–H groups in total. The number of rotatable bonds is 6. The van der Waals surface area contributed by atoms with Gasteiger partial charge in [-0.3, -0.25) is 9.59 Å². The van der Waals surface area contributed by atoms with E-state index in [1.54, 1.807) is 23.1 Å². The molecule has 1 aliphatic heterocycles. The fraction of sp³-hybridized carbons (Fsp3) is 0.200. The van der Waals surface area contributed by atoms with Crippen molar-refractivity contribution in [1.29, 1.82) is 0 Å². The Hall–Kier alpha value is -2.76. The fourth-order valence-electron chi connectivity index (χ4n) is 3.95. The lowest BCUT2D eigenvalue weighted by molar-refractivity contribution is -0.135. The number of halogens is 1. The minimum atomic E-state index is -1.86. The van der Waals surface area contributed by atoms with Gasteiger partial charge in [0.05, 0.1) is 12.1 Å². The van der Waals surface area contributed by atoms with Gasteiger partial charge in [0.15, 0.2) is 11.4 Å². The van der Waals surface area contributed by atoms with E-state index >= 15 is 0 Å². The van der Waals surface area contributed by atoms with Gasteiger partial charge in [0.1, 0.15) is 0 Å². The van der Waals surface area contributed by atoms with Crippen LogP contribution in [-0.4, -0.2) is 23.3 Å². The van der Waals surface area contributed by atoms with Crippen LogP contribution in [0.3, 0.4) is 0 Å². The largest absolute Gasteiger partial charge is 0.375 e. The zero-order chi connectivity index (χ0) is 21.3. The molecule has 3 aromatic carbocycles. The van der Waals surface area contributed by atoms with Crippen LogP contribution in [-0.2, 0) is 10.4 Å². The third-order valence-electron chi connectivity index (χ3n) is 5.47. The maximum atomic E-state index is 13.1. The number of carbonyl (C=O) groups is 2. The molecule has 1 amide bonds. The first-order valence-corrected chi connectivity index (χ1v) is 10.8. The maximum Gasteiger partial charge on any atom is 0.264 e. The quantitative estimate of drug-likeness (QED) is 0.502. The van der Waals surface area contributed by atoms with E-state index in [1.165, 1.54) is 0 Å². The molecule has 0 aromatic heterocycles. The summed E-state index contributed by atoms with van der Waals surface area (Å²) in [6.45, 7) is 2.47. The third kappa shape index (κ3) is 3.59. The number of fused-ring (bicyclic) bond motifs is 1. The zero-order valence-electron chi connectivity index (χ0n) is 16.6. The van der Waals surface area contributed by atoms with Crippen LogP contribution < -0.4 is 4.90 Å². The van der Waals surface area contributed by atoms with Crippen LogP contribution in [0.2, 0.25) is 0 Å². The van der Waals surface area contributed by atoms with Gasteiger partial charge in [0.2, 0.25) is 0 Å². The van der Waals surface area contributed by atoms with Crippen LogP contribution in [0.15, 0.2) is 77.3 Å². The molecular formula is C25H22BrNO3. The fourth-order valence-corrected chi connectivity index (χ4v) is 4.31. The Morgan fingerprint density at radius 1 is 1.00 bits per heavy atom. The van der Waals surface area contributed by atoms with E-state index in [2.05, 4.69) is 15.9 Å². The van der Waals surface area contributed by atoms with Crippen molar-refractivity contribution < 1.29 is 14.7 Å². The maximum absolute atomic E-state index is 13.1. The van der Waals surface area contributed by atoms with Gasteiger partial charge in [0.25, 0.3) is 5.91 Å². The topological polar surface area (TPSA) is 57.6 Å². The molecule has 0 spiro atoms. The minimum Gasteiger partial charge on any atom is -0.375 e. The lowest BCUT2D eigenvalue weighted by Crippen LogP contribution is -2.42. The first kappa shape index (κ1) is 20.5. The molecule has 4 rings (SSSR count). The molecule has 4 nitrogen and oxygen atoms in total. The van der Waals surface area contributed by atoms with Crippen LogP contribution in [0.25, 0.3) is 11.1 Å². The summed E-state index contributed by atoms with van der Waals surface area (Å²) < 4.78 is 0.755. The van der Waals surface area contributed by atoms with Gasteiger partial charge < -0.3 is 10.0 Å². The van der Waals surface area contributed by atoms with Crippen molar-refractivity contribution in [1.82, 2.24) is 0 Å². The minimum absolute atomic E-state index is 0.269. The summed E-state index contributed by atoms with van der Waals surface area (Å²) in [4.78, 5) is 27.7. The first-order chi connectivity index (χ1) is 14.4. The van der Waals surface area contributed by atoms with Crippen LogP contribution in [0, 0.1) is 0 Å². The van der Waals surface area contributed by atoms with Crippen molar-refractivity contribution in [3.63, 3.8) is 0 Å². The average molecular weight is 464 g/mol. The highest BCUT2D eigenvalue weighted by molar-refractivity contribution is 9.10. The molecule has 0 saturated carbocycles. The van der Waals surface area contributed by atoms with E-state index in [9.17, 15) is 14.7 Å². The number of anilines is 1. The average Bonchev–Trinajstić information content (AvgIpc) is 2.96. The number of carbonyl (C=O) groups excluding carboxylic acids is 2. The Morgan fingerprint density at radius 2 is 1.67 bits per heavy atom. The predicted molar refractivity (Wildman–Crippen MR) is 122 cm³/mol. The molecule has 1 heterocycles. The molecule has 0 bridgehead atoms. The molecule has 30 heavy (non-hydrogen) atoms. The Balaban J connectivity index is 1.62. The summed E-state index contributed by atoms with van der Waals surface area (Å²) in [5, 5.41) is 11.4. The van der Waals surface area contributed by atoms with Gasteiger partial charge in [-0.2, -0.15) is 0 Å². The van der Waals surface area contributed by atoms with Crippen molar-refractivity contribution in [2.45, 2.75) is 25.4 Å². The number of nitrogens with zero attached hydrogens (tertiary/aromatic N) is 1. The molecule has 152 valence electrons. The van der Waals surface area contributed by atoms with Crippen LogP contribution >= 0.6 is 15.9 Å². The molecule has 0 fully saturated rings. The molecule has 0 aliphatic carbocycles. The number of Topliss-reactive ketones (excluding diaryl/α,β-unsaturated/α-hetero) is 1. The van der Waals surface area contributed by atoms with Crippen LogP contribution in [0.5, 0.6) is 0 Å². The number of benzene rings is 3. The standard InChI is InChI=1S/C25H22BrNO3/c1-2-14-27-22-13-12-20(26)15-21(22)25(30,24(27)29)16-23(28)19-10-8-18(9-11-19)17-6-4-3-5-7-17/h3-13,15,30H,2,14,16H2,1H3/t25-/m0/s1. The van der Waals surface area contributed by atoms with Crippen LogP contribution in [0.4, 0.5) is 5.69 Å². The highest BCUT2D eigenvalue weighted by atomic mass is 79.9. The summed E-state index contributed by atoms with van der Waals surface area (Å²) in [6, 6.07) is 22.6. The summed E-state index contributed by atoms with van der Waals surface area (Å²) in [5.74, 6) is -0.707. The Bertz CT molecular complexity index is 1100. The van der Waals surface area contributed by atoms with Crippen molar-refractivity contribution in [3.8, 4) is 11.1 Å². The SMILES string of the molecule is CCCN1C(=O)[C@](O)(CC(=O)c2ccc(-c3ccccc3)cc2)c2cc(Br)ccc21. The number of amides is 1. The third-order valence-corrected chi connectivity index (χ3v) is 5.96. The van der Waals surface area contributed by atoms with Crippen molar-refractivity contribution in [2.24, 2.45) is 0 Å². The van der Waals surface area contributed by atoms with E-state index in [0.717, 1.165) is 22.0 Å². The van der Waals surface area contributed by atoms with Crippen molar-refractivity contribution in [3.05, 3.63) is 88.4 Å². The first-order valence-electron chi connectivity index (χ1n) is 9.97. The monoisotopic (exact) mass is 463 g/mol. The number of aliphatic hydroxyl groups is 1. The second-order valence-electron chi connectivity index (χ2n) is 7.52.